The zero-order valence-corrected chi connectivity index (χ0v) is 21.1. The van der Waals surface area contributed by atoms with Crippen LogP contribution in [0, 0.1) is 5.92 Å². The Bertz CT molecular complexity index is 1150. The van der Waals surface area contributed by atoms with Gasteiger partial charge in [0, 0.05) is 23.9 Å². The lowest BCUT2D eigenvalue weighted by atomic mass is 9.97. The van der Waals surface area contributed by atoms with E-state index in [4.69, 9.17) is 9.47 Å². The molecule has 34 heavy (non-hydrogen) atoms. The molecule has 1 fully saturated rings. The lowest BCUT2D eigenvalue weighted by Crippen LogP contribution is -2.41. The Hall–Kier alpha value is -2.43. The van der Waals surface area contributed by atoms with Gasteiger partial charge in [0.15, 0.2) is 0 Å². The first-order valence-electron chi connectivity index (χ1n) is 11.5. The van der Waals surface area contributed by atoms with Gasteiger partial charge in [0.2, 0.25) is 15.9 Å². The molecule has 1 N–H and O–H groups in total. The Morgan fingerprint density at radius 2 is 1.71 bits per heavy atom. The fraction of sp³-hybridized carbons (Fsp3) is 0.500. The molecule has 1 aliphatic heterocycles. The van der Waals surface area contributed by atoms with Gasteiger partial charge in [-0.05, 0) is 68.4 Å². The third-order valence-corrected chi connectivity index (χ3v) is 9.69. The number of thiophene rings is 1. The number of esters is 1. The second kappa shape index (κ2) is 10.5. The maximum absolute atomic E-state index is 13.1. The van der Waals surface area contributed by atoms with Crippen LogP contribution < -0.4 is 10.1 Å². The minimum absolute atomic E-state index is 0.178. The van der Waals surface area contributed by atoms with Crippen LogP contribution in [0.1, 0.15) is 52.9 Å². The number of anilines is 1. The summed E-state index contributed by atoms with van der Waals surface area (Å²) in [4.78, 5) is 26.9. The Kier molecular flexibility index (Phi) is 7.59. The van der Waals surface area contributed by atoms with Gasteiger partial charge in [0.25, 0.3) is 0 Å². The molecule has 0 bridgehead atoms. The van der Waals surface area contributed by atoms with E-state index in [-0.39, 0.29) is 29.8 Å². The Morgan fingerprint density at radius 1 is 1.03 bits per heavy atom. The number of aryl methyl sites for hydroxylation is 1. The topological polar surface area (TPSA) is 102 Å². The van der Waals surface area contributed by atoms with Crippen LogP contribution in [0.15, 0.2) is 29.2 Å². The number of carbonyl (C=O) groups is 2. The highest BCUT2D eigenvalue weighted by Crippen LogP contribution is 2.38. The van der Waals surface area contributed by atoms with Crippen molar-refractivity contribution >= 4 is 38.2 Å². The molecule has 0 radical (unpaired) electrons. The summed E-state index contributed by atoms with van der Waals surface area (Å²) in [6.45, 7) is 0.522. The van der Waals surface area contributed by atoms with E-state index < -0.39 is 16.0 Å². The van der Waals surface area contributed by atoms with Gasteiger partial charge >= 0.3 is 5.97 Å². The minimum Gasteiger partial charge on any atom is -0.497 e. The van der Waals surface area contributed by atoms with Crippen molar-refractivity contribution in [3.63, 3.8) is 0 Å². The van der Waals surface area contributed by atoms with Gasteiger partial charge in [-0.2, -0.15) is 4.31 Å². The van der Waals surface area contributed by atoms with Gasteiger partial charge < -0.3 is 14.8 Å². The van der Waals surface area contributed by atoms with Crippen LogP contribution in [-0.4, -0.2) is 51.9 Å². The number of methoxy groups -OCH3 is 2. The molecule has 1 aliphatic carbocycles. The number of hydrogen-bond acceptors (Lipinski definition) is 7. The highest BCUT2D eigenvalue weighted by molar-refractivity contribution is 7.89. The highest BCUT2D eigenvalue weighted by atomic mass is 32.2. The number of carbonyl (C=O) groups excluding carboxylic acids is 2. The van der Waals surface area contributed by atoms with E-state index in [1.807, 2.05) is 0 Å². The van der Waals surface area contributed by atoms with E-state index in [0.29, 0.717) is 29.2 Å². The molecule has 10 heteroatoms. The molecule has 2 aliphatic rings. The number of nitrogens with one attached hydrogen (secondary N) is 1. The maximum Gasteiger partial charge on any atom is 0.341 e. The SMILES string of the molecule is COC(=O)c1c(NC(=O)C2CCN(S(=O)(=O)c3ccc(OC)cc3)CC2)sc2c1CCCCC2. The molecule has 1 aromatic heterocycles. The normalized spacial score (nSPS) is 17.5. The number of fused-ring (bicyclic) bond motifs is 1. The van der Waals surface area contributed by atoms with Crippen LogP contribution in [-0.2, 0) is 32.4 Å². The lowest BCUT2D eigenvalue weighted by Gasteiger charge is -2.30. The first-order chi connectivity index (χ1) is 16.3. The first kappa shape index (κ1) is 24.7. The second-order valence-corrected chi connectivity index (χ2v) is 11.6. The van der Waals surface area contributed by atoms with Crippen molar-refractivity contribution in [3.8, 4) is 5.75 Å². The standard InChI is InChI=1S/C24H30N2O6S2/c1-31-17-8-10-18(11-9-17)34(29,30)26-14-12-16(13-15-26)22(27)25-23-21(24(28)32-2)19-6-4-3-5-7-20(19)33-23/h8-11,16H,3-7,12-15H2,1-2H3,(H,25,27). The van der Waals surface area contributed by atoms with E-state index in [1.165, 1.54) is 42.0 Å². The fourth-order valence-corrected chi connectivity index (χ4v) is 7.37. The van der Waals surface area contributed by atoms with E-state index in [9.17, 15) is 18.0 Å². The summed E-state index contributed by atoms with van der Waals surface area (Å²) in [7, 11) is -0.752. The Morgan fingerprint density at radius 3 is 2.35 bits per heavy atom. The monoisotopic (exact) mass is 506 g/mol. The fourth-order valence-electron chi connectivity index (χ4n) is 4.62. The molecule has 1 amide bonds. The summed E-state index contributed by atoms with van der Waals surface area (Å²) < 4.78 is 37.5. The molecular formula is C24H30N2O6S2. The summed E-state index contributed by atoms with van der Waals surface area (Å²) in [6, 6.07) is 6.30. The van der Waals surface area contributed by atoms with E-state index in [0.717, 1.165) is 42.5 Å². The van der Waals surface area contributed by atoms with Gasteiger partial charge in [-0.15, -0.1) is 11.3 Å². The smallest absolute Gasteiger partial charge is 0.341 e. The van der Waals surface area contributed by atoms with Crippen molar-refractivity contribution in [2.75, 3.05) is 32.6 Å². The second-order valence-electron chi connectivity index (χ2n) is 8.60. The Labute approximate surface area is 204 Å². The van der Waals surface area contributed by atoms with Crippen LogP contribution in [0.2, 0.25) is 0 Å². The quantitative estimate of drug-likeness (QED) is 0.472. The summed E-state index contributed by atoms with van der Waals surface area (Å²) >= 11 is 1.47. The van der Waals surface area contributed by atoms with Crippen molar-refractivity contribution in [2.45, 2.75) is 49.8 Å². The van der Waals surface area contributed by atoms with Crippen LogP contribution in [0.4, 0.5) is 5.00 Å². The number of ether oxygens (including phenoxy) is 2. The summed E-state index contributed by atoms with van der Waals surface area (Å²) in [5.74, 6) is -0.334. The number of sulfonamides is 1. The van der Waals surface area contributed by atoms with Crippen molar-refractivity contribution in [3.05, 3.63) is 40.3 Å². The molecule has 2 heterocycles. The van der Waals surface area contributed by atoms with Crippen LogP contribution >= 0.6 is 11.3 Å². The molecule has 2 aromatic rings. The maximum atomic E-state index is 13.1. The van der Waals surface area contributed by atoms with Gasteiger partial charge in [-0.25, -0.2) is 13.2 Å². The molecule has 0 unspecified atom stereocenters. The van der Waals surface area contributed by atoms with Crippen LogP contribution in [0.3, 0.4) is 0 Å². The number of hydrogen-bond donors (Lipinski definition) is 1. The summed E-state index contributed by atoms with van der Waals surface area (Å²) in [6.07, 6.45) is 5.77. The molecule has 0 atom stereocenters. The molecular weight excluding hydrogens is 476 g/mol. The predicted molar refractivity (Wildman–Crippen MR) is 130 cm³/mol. The zero-order chi connectivity index (χ0) is 24.3. The average molecular weight is 507 g/mol. The van der Waals surface area contributed by atoms with Crippen molar-refractivity contribution in [1.29, 1.82) is 0 Å². The molecule has 184 valence electrons. The van der Waals surface area contributed by atoms with E-state index in [1.54, 1.807) is 12.1 Å². The number of piperidine rings is 1. The third-order valence-electron chi connectivity index (χ3n) is 6.57. The number of nitrogens with zero attached hydrogens (tertiary/aromatic N) is 1. The van der Waals surface area contributed by atoms with Crippen LogP contribution in [0.5, 0.6) is 5.75 Å². The van der Waals surface area contributed by atoms with Crippen molar-refractivity contribution in [2.24, 2.45) is 5.92 Å². The van der Waals surface area contributed by atoms with Crippen molar-refractivity contribution in [1.82, 2.24) is 4.31 Å². The molecule has 0 saturated carbocycles. The predicted octanol–water partition coefficient (Wildman–Crippen LogP) is 3.85. The summed E-state index contributed by atoms with van der Waals surface area (Å²) in [5.41, 5.74) is 1.49. The highest BCUT2D eigenvalue weighted by Gasteiger charge is 2.33. The van der Waals surface area contributed by atoms with Gasteiger partial charge in [0.1, 0.15) is 10.8 Å². The van der Waals surface area contributed by atoms with Crippen molar-refractivity contribution < 1.29 is 27.5 Å². The average Bonchev–Trinajstić information content (AvgIpc) is 3.03. The lowest BCUT2D eigenvalue weighted by molar-refractivity contribution is -0.120. The minimum atomic E-state index is -3.64. The van der Waals surface area contributed by atoms with E-state index >= 15 is 0 Å². The number of benzene rings is 1. The largest absolute Gasteiger partial charge is 0.497 e. The Balaban J connectivity index is 1.43. The van der Waals surface area contributed by atoms with Gasteiger partial charge in [0.05, 0.1) is 24.7 Å². The van der Waals surface area contributed by atoms with Crippen LogP contribution in [0.25, 0.3) is 0 Å². The first-order valence-corrected chi connectivity index (χ1v) is 13.8. The number of amides is 1. The van der Waals surface area contributed by atoms with Gasteiger partial charge in [-0.3, -0.25) is 4.79 Å². The molecule has 4 rings (SSSR count). The molecule has 0 spiro atoms. The third kappa shape index (κ3) is 4.99. The molecule has 8 nitrogen and oxygen atoms in total. The number of rotatable bonds is 6. The molecule has 1 saturated heterocycles. The molecule has 1 aromatic carbocycles. The summed E-state index contributed by atoms with van der Waals surface area (Å²) in [5, 5.41) is 3.52. The zero-order valence-electron chi connectivity index (χ0n) is 19.5. The van der Waals surface area contributed by atoms with E-state index in [2.05, 4.69) is 5.32 Å². The van der Waals surface area contributed by atoms with Gasteiger partial charge in [-0.1, -0.05) is 6.42 Å².